The van der Waals surface area contributed by atoms with E-state index in [0.717, 1.165) is 11.1 Å². The van der Waals surface area contributed by atoms with Gasteiger partial charge >= 0.3 is 0 Å². The van der Waals surface area contributed by atoms with E-state index in [9.17, 15) is 4.79 Å². The first-order valence-corrected chi connectivity index (χ1v) is 10.4. The van der Waals surface area contributed by atoms with Crippen molar-refractivity contribution in [1.82, 2.24) is 20.3 Å². The normalized spacial score (nSPS) is 12.1. The minimum atomic E-state index is -0.325. The first-order valence-electron chi connectivity index (χ1n) is 10.4. The third-order valence-corrected chi connectivity index (χ3v) is 5.31. The summed E-state index contributed by atoms with van der Waals surface area (Å²) < 4.78 is 21.4. The third-order valence-electron chi connectivity index (χ3n) is 5.31. The molecule has 0 aliphatic carbocycles. The molecular weight excluding hydrogens is 438 g/mol. The molecule has 1 aliphatic heterocycles. The Kier molecular flexibility index (Phi) is 4.80. The maximum Gasteiger partial charge on any atom is 0.273 e. The molecule has 0 unspecified atom stereocenters. The van der Waals surface area contributed by atoms with Crippen LogP contribution in [0.4, 0.5) is 5.69 Å². The van der Waals surface area contributed by atoms with E-state index in [2.05, 4.69) is 25.7 Å². The number of H-pyrrole nitrogens is 1. The van der Waals surface area contributed by atoms with Crippen LogP contribution in [0.2, 0.25) is 0 Å². The number of fused-ring (bicyclic) bond motifs is 1. The predicted octanol–water partition coefficient (Wildman–Crippen LogP) is 4.29. The molecule has 6 rings (SSSR count). The number of amides is 1. The average Bonchev–Trinajstić information content (AvgIpc) is 3.67. The van der Waals surface area contributed by atoms with Crippen molar-refractivity contribution in [2.24, 2.45) is 0 Å². The summed E-state index contributed by atoms with van der Waals surface area (Å²) in [5.74, 6) is 2.31. The van der Waals surface area contributed by atoms with Crippen LogP contribution in [0.1, 0.15) is 21.9 Å². The lowest BCUT2D eigenvalue weighted by Crippen LogP contribution is -2.14. The molecule has 0 saturated carbocycles. The summed E-state index contributed by atoms with van der Waals surface area (Å²) in [6.45, 7) is 0.195. The number of carbonyl (C=O) groups excluding carboxylic acids is 1. The second kappa shape index (κ2) is 8.24. The number of benzene rings is 2. The average molecular weight is 455 g/mol. The molecule has 168 valence electrons. The zero-order valence-corrected chi connectivity index (χ0v) is 17.6. The highest BCUT2D eigenvalue weighted by Gasteiger charge is 2.18. The predicted molar refractivity (Wildman–Crippen MR) is 119 cm³/mol. The number of anilines is 1. The Balaban J connectivity index is 1.19. The van der Waals surface area contributed by atoms with E-state index in [4.69, 9.17) is 18.4 Å². The molecule has 0 fully saturated rings. The molecule has 5 aromatic rings. The van der Waals surface area contributed by atoms with Crippen LogP contribution in [0.3, 0.4) is 0 Å². The van der Waals surface area contributed by atoms with E-state index in [1.165, 1.54) is 0 Å². The Morgan fingerprint density at radius 1 is 1.03 bits per heavy atom. The fourth-order valence-electron chi connectivity index (χ4n) is 3.62. The quantitative estimate of drug-likeness (QED) is 0.388. The van der Waals surface area contributed by atoms with Crippen LogP contribution in [-0.4, -0.2) is 33.0 Å². The lowest BCUT2D eigenvalue weighted by Gasteiger charge is -2.08. The van der Waals surface area contributed by atoms with E-state index in [-0.39, 0.29) is 12.7 Å². The van der Waals surface area contributed by atoms with Crippen LogP contribution in [0.5, 0.6) is 11.5 Å². The first-order chi connectivity index (χ1) is 16.7. The second-order valence-electron chi connectivity index (χ2n) is 7.51. The SMILES string of the molecule is O=C(Nc1ccccc1Cc1nc(-c2ccco2)no1)c1cc(-c2ccc3c(c2)OCO3)n[nH]1. The van der Waals surface area contributed by atoms with Gasteiger partial charge < -0.3 is 23.7 Å². The number of nitrogens with one attached hydrogen (secondary N) is 2. The molecule has 2 N–H and O–H groups in total. The van der Waals surface area contributed by atoms with Gasteiger partial charge in [0.2, 0.25) is 18.5 Å². The minimum absolute atomic E-state index is 0.195. The van der Waals surface area contributed by atoms with Gasteiger partial charge in [-0.25, -0.2) is 0 Å². The van der Waals surface area contributed by atoms with Crippen LogP contribution in [0.15, 0.2) is 75.9 Å². The second-order valence-corrected chi connectivity index (χ2v) is 7.51. The zero-order chi connectivity index (χ0) is 22.9. The van der Waals surface area contributed by atoms with Crippen molar-refractivity contribution >= 4 is 11.6 Å². The molecule has 0 radical (unpaired) electrons. The van der Waals surface area contributed by atoms with Gasteiger partial charge in [-0.2, -0.15) is 10.1 Å². The zero-order valence-electron chi connectivity index (χ0n) is 17.6. The number of para-hydroxylation sites is 1. The molecule has 4 heterocycles. The summed E-state index contributed by atoms with van der Waals surface area (Å²) in [6, 6.07) is 18.1. The van der Waals surface area contributed by atoms with Gasteiger partial charge in [0.15, 0.2) is 17.3 Å². The largest absolute Gasteiger partial charge is 0.461 e. The van der Waals surface area contributed by atoms with Gasteiger partial charge in [0.1, 0.15) is 5.69 Å². The summed E-state index contributed by atoms with van der Waals surface area (Å²) in [7, 11) is 0. The van der Waals surface area contributed by atoms with Gasteiger partial charge in [-0.3, -0.25) is 9.89 Å². The van der Waals surface area contributed by atoms with Gasteiger partial charge in [-0.15, -0.1) is 0 Å². The number of rotatable bonds is 6. The van der Waals surface area contributed by atoms with Crippen molar-refractivity contribution in [2.45, 2.75) is 6.42 Å². The van der Waals surface area contributed by atoms with Crippen molar-refractivity contribution in [2.75, 3.05) is 12.1 Å². The van der Waals surface area contributed by atoms with Gasteiger partial charge in [0.05, 0.1) is 18.4 Å². The van der Waals surface area contributed by atoms with Gasteiger partial charge in [0, 0.05) is 11.3 Å². The molecule has 1 amide bonds. The molecule has 0 bridgehead atoms. The summed E-state index contributed by atoms with van der Waals surface area (Å²) in [5, 5.41) is 13.9. The van der Waals surface area contributed by atoms with Crippen LogP contribution in [0.25, 0.3) is 22.8 Å². The third kappa shape index (κ3) is 3.77. The van der Waals surface area contributed by atoms with Crippen molar-refractivity contribution in [3.05, 3.63) is 84.1 Å². The van der Waals surface area contributed by atoms with Crippen LogP contribution in [0, 0.1) is 0 Å². The Hall–Kier alpha value is -4.86. The van der Waals surface area contributed by atoms with Gasteiger partial charge in [-0.05, 0) is 48.0 Å². The number of ether oxygens (including phenoxy) is 2. The highest BCUT2D eigenvalue weighted by atomic mass is 16.7. The van der Waals surface area contributed by atoms with Crippen molar-refractivity contribution in [1.29, 1.82) is 0 Å². The summed E-state index contributed by atoms with van der Waals surface area (Å²) >= 11 is 0. The summed E-state index contributed by atoms with van der Waals surface area (Å²) in [4.78, 5) is 17.3. The number of hydrogen-bond donors (Lipinski definition) is 2. The minimum Gasteiger partial charge on any atom is -0.461 e. The monoisotopic (exact) mass is 455 g/mol. The topological polar surface area (TPSA) is 128 Å². The van der Waals surface area contributed by atoms with Gasteiger partial charge in [-0.1, -0.05) is 23.4 Å². The molecule has 2 aromatic carbocycles. The van der Waals surface area contributed by atoms with E-state index >= 15 is 0 Å². The van der Waals surface area contributed by atoms with E-state index < -0.39 is 0 Å². The smallest absolute Gasteiger partial charge is 0.273 e. The molecule has 0 saturated heterocycles. The molecule has 3 aromatic heterocycles. The Morgan fingerprint density at radius 2 is 1.94 bits per heavy atom. The highest BCUT2D eigenvalue weighted by Crippen LogP contribution is 2.35. The van der Waals surface area contributed by atoms with Gasteiger partial charge in [0.25, 0.3) is 5.91 Å². The number of aromatic amines is 1. The highest BCUT2D eigenvalue weighted by molar-refractivity contribution is 6.03. The van der Waals surface area contributed by atoms with Crippen LogP contribution < -0.4 is 14.8 Å². The van der Waals surface area contributed by atoms with E-state index in [1.54, 1.807) is 24.5 Å². The number of hydrogen-bond acceptors (Lipinski definition) is 8. The van der Waals surface area contributed by atoms with Crippen LogP contribution in [-0.2, 0) is 6.42 Å². The number of carbonyl (C=O) groups is 1. The molecule has 10 heteroatoms. The number of furan rings is 1. The summed E-state index contributed by atoms with van der Waals surface area (Å²) in [5.41, 5.74) is 3.20. The van der Waals surface area contributed by atoms with Crippen molar-refractivity contribution in [3.63, 3.8) is 0 Å². The Morgan fingerprint density at radius 3 is 2.85 bits per heavy atom. The maximum absolute atomic E-state index is 12.9. The Bertz CT molecular complexity index is 1470. The summed E-state index contributed by atoms with van der Waals surface area (Å²) in [6.07, 6.45) is 1.89. The maximum atomic E-state index is 12.9. The molecule has 34 heavy (non-hydrogen) atoms. The number of aromatic nitrogens is 4. The molecule has 0 spiro atoms. The number of nitrogens with zero attached hydrogens (tertiary/aromatic N) is 3. The molecule has 0 atom stereocenters. The Labute approximate surface area is 192 Å². The fraction of sp³-hybridized carbons (Fsp3) is 0.0833. The molecule has 1 aliphatic rings. The van der Waals surface area contributed by atoms with Crippen molar-refractivity contribution < 1.29 is 23.2 Å². The fourth-order valence-corrected chi connectivity index (χ4v) is 3.62. The van der Waals surface area contributed by atoms with E-state index in [1.807, 2.05) is 42.5 Å². The lowest BCUT2D eigenvalue weighted by molar-refractivity contribution is 0.102. The molecule has 10 nitrogen and oxygen atoms in total. The van der Waals surface area contributed by atoms with E-state index in [0.29, 0.717) is 52.5 Å². The first kappa shape index (κ1) is 19.8. The van der Waals surface area contributed by atoms with Crippen LogP contribution >= 0.6 is 0 Å². The lowest BCUT2D eigenvalue weighted by atomic mass is 10.1. The standard InChI is InChI=1S/C24H17N5O5/c30-24(18-12-17(27-28-18)15-7-8-19-21(10-15)33-13-32-19)25-16-5-2-1-4-14(16)11-22-26-23(29-34-22)20-6-3-9-31-20/h1-10,12H,11,13H2,(H,25,30)(H,27,28). The molecular formula is C24H17N5O5. The van der Waals surface area contributed by atoms with Crippen molar-refractivity contribution in [3.8, 4) is 34.3 Å².